The predicted molar refractivity (Wildman–Crippen MR) is 90.5 cm³/mol. The third-order valence-electron chi connectivity index (χ3n) is 5.39. The molecule has 26 heavy (non-hydrogen) atoms. The van der Waals surface area contributed by atoms with E-state index in [1.165, 1.54) is 16.7 Å². The van der Waals surface area contributed by atoms with Gasteiger partial charge in [0, 0.05) is 22.6 Å². The number of aromatic nitrogens is 4. The maximum atomic E-state index is 12.4. The average molecular weight is 380 g/mol. The van der Waals surface area contributed by atoms with Crippen molar-refractivity contribution in [2.75, 3.05) is 6.54 Å². The summed E-state index contributed by atoms with van der Waals surface area (Å²) in [5.74, 6) is -1.39. The number of aliphatic hydroxyl groups excluding tert-OH is 1. The SMILES string of the molecule is C[C@@H](O)[C@H]1C(=O)N2C(C(=O)O)=C(S[C@@H]3CN[C@H](c4nnn[nH]4)C3)[C@H](C)[C@H]12. The van der Waals surface area contributed by atoms with Gasteiger partial charge in [-0.3, -0.25) is 4.79 Å². The molecule has 0 spiro atoms. The number of tetrazole rings is 1. The standard InChI is InChI=1S/C15H20N6O4S/c1-5-10-9(6(2)22)14(23)21(10)11(15(24)25)12(5)26-7-3-8(16-4-7)13-17-19-20-18-13/h5-10,16,22H,3-4H2,1-2H3,(H,24,25)(H,17,18,19,20)/t5-,6-,7+,8+,9-,10-/m1/s1. The van der Waals surface area contributed by atoms with Crippen molar-refractivity contribution in [3.05, 3.63) is 16.4 Å². The largest absolute Gasteiger partial charge is 0.477 e. The Morgan fingerprint density at radius 2 is 2.23 bits per heavy atom. The Morgan fingerprint density at radius 3 is 2.85 bits per heavy atom. The lowest BCUT2D eigenvalue weighted by molar-refractivity contribution is -0.163. The fraction of sp³-hybridized carbons (Fsp3) is 0.667. The minimum Gasteiger partial charge on any atom is -0.477 e. The number of aliphatic hydroxyl groups is 1. The first-order valence-corrected chi connectivity index (χ1v) is 9.40. The number of hydrogen-bond donors (Lipinski definition) is 4. The number of β-lactam (4-membered cyclic amide) rings is 1. The molecule has 4 N–H and O–H groups in total. The molecule has 0 aliphatic carbocycles. The maximum absolute atomic E-state index is 12.4. The van der Waals surface area contributed by atoms with E-state index >= 15 is 0 Å². The number of carbonyl (C=O) groups excluding carboxylic acids is 1. The average Bonchev–Trinajstić information content (AvgIpc) is 3.28. The van der Waals surface area contributed by atoms with Crippen LogP contribution in [0.1, 0.15) is 32.1 Å². The molecule has 2 fully saturated rings. The smallest absolute Gasteiger partial charge is 0.353 e. The monoisotopic (exact) mass is 380 g/mol. The molecule has 2 saturated heterocycles. The molecule has 0 unspecified atom stereocenters. The number of hydrogen-bond acceptors (Lipinski definition) is 8. The zero-order valence-electron chi connectivity index (χ0n) is 14.3. The Balaban J connectivity index is 1.54. The van der Waals surface area contributed by atoms with Gasteiger partial charge in [-0.05, 0) is 23.8 Å². The Kier molecular flexibility index (Phi) is 4.24. The van der Waals surface area contributed by atoms with Crippen molar-refractivity contribution in [1.82, 2.24) is 30.8 Å². The molecular weight excluding hydrogens is 360 g/mol. The lowest BCUT2D eigenvalue weighted by atomic mass is 9.79. The van der Waals surface area contributed by atoms with Gasteiger partial charge in [-0.1, -0.05) is 6.92 Å². The van der Waals surface area contributed by atoms with Crippen LogP contribution in [-0.2, 0) is 9.59 Å². The quantitative estimate of drug-likeness (QED) is 0.496. The molecule has 4 heterocycles. The third-order valence-corrected chi connectivity index (χ3v) is 6.90. The summed E-state index contributed by atoms with van der Waals surface area (Å²) >= 11 is 1.50. The van der Waals surface area contributed by atoms with Gasteiger partial charge in [0.1, 0.15) is 5.70 Å². The van der Waals surface area contributed by atoms with E-state index in [1.54, 1.807) is 6.92 Å². The normalized spacial score (nSPS) is 34.8. The van der Waals surface area contributed by atoms with Crippen molar-refractivity contribution >= 4 is 23.6 Å². The fourth-order valence-corrected chi connectivity index (χ4v) is 5.65. The highest BCUT2D eigenvalue weighted by molar-refractivity contribution is 8.03. The Bertz CT molecular complexity index is 766. The predicted octanol–water partition coefficient (Wildman–Crippen LogP) is -0.510. The van der Waals surface area contributed by atoms with Gasteiger partial charge in [0.2, 0.25) is 5.91 Å². The summed E-state index contributed by atoms with van der Waals surface area (Å²) in [5, 5.41) is 36.9. The highest BCUT2D eigenvalue weighted by atomic mass is 32.2. The Morgan fingerprint density at radius 1 is 1.46 bits per heavy atom. The van der Waals surface area contributed by atoms with Gasteiger partial charge >= 0.3 is 5.97 Å². The number of H-pyrrole nitrogens is 1. The van der Waals surface area contributed by atoms with E-state index in [9.17, 15) is 19.8 Å². The number of fused-ring (bicyclic) bond motifs is 1. The van der Waals surface area contributed by atoms with Crippen LogP contribution in [0.15, 0.2) is 10.6 Å². The van der Waals surface area contributed by atoms with Crippen LogP contribution in [0.3, 0.4) is 0 Å². The number of amides is 1. The fourth-order valence-electron chi connectivity index (χ4n) is 4.17. The lowest BCUT2D eigenvalue weighted by Crippen LogP contribution is -2.63. The first-order chi connectivity index (χ1) is 12.4. The van der Waals surface area contributed by atoms with Crippen LogP contribution in [0.4, 0.5) is 0 Å². The van der Waals surface area contributed by atoms with Crippen molar-refractivity contribution in [2.24, 2.45) is 11.8 Å². The van der Waals surface area contributed by atoms with Gasteiger partial charge in [-0.15, -0.1) is 16.9 Å². The van der Waals surface area contributed by atoms with Gasteiger partial charge in [0.05, 0.1) is 24.1 Å². The molecule has 1 aromatic heterocycles. The van der Waals surface area contributed by atoms with Gasteiger partial charge in [-0.2, -0.15) is 0 Å². The summed E-state index contributed by atoms with van der Waals surface area (Å²) in [5.41, 5.74) is 0.0687. The van der Waals surface area contributed by atoms with Crippen molar-refractivity contribution in [1.29, 1.82) is 0 Å². The number of rotatable bonds is 5. The highest BCUT2D eigenvalue weighted by Gasteiger charge is 2.60. The van der Waals surface area contributed by atoms with Crippen LogP contribution in [0.25, 0.3) is 0 Å². The van der Waals surface area contributed by atoms with E-state index in [1.807, 2.05) is 6.92 Å². The highest BCUT2D eigenvalue weighted by Crippen LogP contribution is 2.52. The third kappa shape index (κ3) is 2.53. The van der Waals surface area contributed by atoms with Crippen molar-refractivity contribution in [3.63, 3.8) is 0 Å². The van der Waals surface area contributed by atoms with Crippen LogP contribution < -0.4 is 5.32 Å². The second kappa shape index (κ2) is 6.32. The number of carboxylic acids is 1. The van der Waals surface area contributed by atoms with E-state index in [4.69, 9.17) is 0 Å². The minimum atomic E-state index is -1.10. The molecule has 0 radical (unpaired) electrons. The molecule has 140 valence electrons. The molecule has 3 aliphatic rings. The lowest BCUT2D eigenvalue weighted by Gasteiger charge is -2.46. The van der Waals surface area contributed by atoms with Crippen LogP contribution in [-0.4, -0.2) is 71.6 Å². The molecule has 0 saturated carbocycles. The number of nitrogens with one attached hydrogen (secondary N) is 2. The number of carbonyl (C=O) groups is 2. The Labute approximate surface area is 153 Å². The van der Waals surface area contributed by atoms with Crippen LogP contribution >= 0.6 is 11.8 Å². The Hall–Kier alpha value is -1.98. The summed E-state index contributed by atoms with van der Waals surface area (Å²) in [6, 6.07) is -0.281. The van der Waals surface area contributed by atoms with E-state index in [0.717, 1.165) is 6.42 Å². The van der Waals surface area contributed by atoms with E-state index < -0.39 is 18.0 Å². The summed E-state index contributed by atoms with van der Waals surface area (Å²) in [6.45, 7) is 4.20. The molecule has 10 nitrogen and oxygen atoms in total. The maximum Gasteiger partial charge on any atom is 0.353 e. The molecule has 6 atom stereocenters. The van der Waals surface area contributed by atoms with Gasteiger partial charge in [0.25, 0.3) is 0 Å². The molecular formula is C15H20N6O4S. The number of carboxylic acid groups (broad SMARTS) is 1. The molecule has 1 aromatic rings. The second-order valence-electron chi connectivity index (χ2n) is 6.99. The topological polar surface area (TPSA) is 144 Å². The van der Waals surface area contributed by atoms with Crippen molar-refractivity contribution in [3.8, 4) is 0 Å². The van der Waals surface area contributed by atoms with Crippen LogP contribution in [0, 0.1) is 11.8 Å². The molecule has 3 aliphatic heterocycles. The summed E-state index contributed by atoms with van der Waals surface area (Å²) in [7, 11) is 0. The molecule has 11 heteroatoms. The van der Waals surface area contributed by atoms with Crippen LogP contribution in [0.2, 0.25) is 0 Å². The number of aromatic amines is 1. The van der Waals surface area contributed by atoms with Crippen molar-refractivity contribution in [2.45, 2.75) is 43.7 Å². The van der Waals surface area contributed by atoms with Gasteiger partial charge in [0.15, 0.2) is 5.82 Å². The minimum absolute atomic E-state index is 0.00282. The number of thioether (sulfide) groups is 1. The summed E-state index contributed by atoms with van der Waals surface area (Å²) < 4.78 is 0. The molecule has 4 rings (SSSR count). The van der Waals surface area contributed by atoms with E-state index in [-0.39, 0.29) is 34.9 Å². The zero-order valence-corrected chi connectivity index (χ0v) is 15.1. The number of nitrogens with zero attached hydrogens (tertiary/aromatic N) is 4. The molecule has 1 amide bonds. The summed E-state index contributed by atoms with van der Waals surface area (Å²) in [6.07, 6.45) is -0.0367. The van der Waals surface area contributed by atoms with Gasteiger partial charge < -0.3 is 20.4 Å². The van der Waals surface area contributed by atoms with E-state index in [0.29, 0.717) is 17.3 Å². The van der Waals surface area contributed by atoms with Gasteiger partial charge in [-0.25, -0.2) is 9.89 Å². The zero-order chi connectivity index (χ0) is 18.6. The second-order valence-corrected chi connectivity index (χ2v) is 8.34. The first-order valence-electron chi connectivity index (χ1n) is 8.52. The van der Waals surface area contributed by atoms with Crippen LogP contribution in [0.5, 0.6) is 0 Å². The van der Waals surface area contributed by atoms with Crippen molar-refractivity contribution < 1.29 is 19.8 Å². The first kappa shape index (κ1) is 17.4. The number of aliphatic carboxylic acids is 1. The molecule has 0 aromatic carbocycles. The van der Waals surface area contributed by atoms with E-state index in [2.05, 4.69) is 25.9 Å². The summed E-state index contributed by atoms with van der Waals surface area (Å²) in [4.78, 5) is 26.2. The molecule has 0 bridgehead atoms.